The Morgan fingerprint density at radius 2 is 2.24 bits per heavy atom. The molecule has 0 fully saturated rings. The quantitative estimate of drug-likeness (QED) is 0.853. The summed E-state index contributed by atoms with van der Waals surface area (Å²) in [6.45, 7) is 3.67. The fourth-order valence-corrected chi connectivity index (χ4v) is 2.67. The highest BCUT2D eigenvalue weighted by Gasteiger charge is 2.03. The molecule has 90 valence electrons. The normalized spacial score (nSPS) is 10.7. The van der Waals surface area contributed by atoms with Crippen molar-refractivity contribution in [1.29, 1.82) is 0 Å². The fourth-order valence-electron chi connectivity index (χ4n) is 1.54. The molecule has 0 atom stereocenters. The van der Waals surface area contributed by atoms with E-state index in [1.807, 2.05) is 30.6 Å². The van der Waals surface area contributed by atoms with Crippen LogP contribution in [0.15, 0.2) is 28.2 Å². The van der Waals surface area contributed by atoms with Crippen LogP contribution < -0.4 is 11.1 Å². The minimum absolute atomic E-state index is 0.791. The highest BCUT2D eigenvalue weighted by molar-refractivity contribution is 9.10. The molecular formula is C12H14BrN3S. The monoisotopic (exact) mass is 311 g/mol. The van der Waals surface area contributed by atoms with E-state index >= 15 is 0 Å². The summed E-state index contributed by atoms with van der Waals surface area (Å²) in [4.78, 5) is 5.51. The molecule has 3 nitrogen and oxygen atoms in total. The van der Waals surface area contributed by atoms with E-state index in [4.69, 9.17) is 5.73 Å². The van der Waals surface area contributed by atoms with E-state index in [9.17, 15) is 0 Å². The van der Waals surface area contributed by atoms with Crippen LogP contribution in [0.2, 0.25) is 0 Å². The molecule has 0 unspecified atom stereocenters. The first-order valence-electron chi connectivity index (χ1n) is 5.30. The maximum atomic E-state index is 5.76. The number of benzene rings is 1. The number of anilines is 1. The summed E-state index contributed by atoms with van der Waals surface area (Å²) in [5.74, 6) is 0. The summed E-state index contributed by atoms with van der Waals surface area (Å²) < 4.78 is 1.08. The van der Waals surface area contributed by atoms with Crippen molar-refractivity contribution in [2.45, 2.75) is 20.0 Å². The molecule has 0 radical (unpaired) electrons. The Balaban J connectivity index is 1.94. The number of hydrogen-bond acceptors (Lipinski definition) is 4. The average Bonchev–Trinajstić information content (AvgIpc) is 2.70. The van der Waals surface area contributed by atoms with Gasteiger partial charge in [0.05, 0.1) is 11.2 Å². The van der Waals surface area contributed by atoms with Gasteiger partial charge >= 0.3 is 0 Å². The molecule has 1 aromatic carbocycles. The van der Waals surface area contributed by atoms with Gasteiger partial charge < -0.3 is 11.1 Å². The first-order chi connectivity index (χ1) is 8.16. The zero-order valence-electron chi connectivity index (χ0n) is 9.53. The number of rotatable bonds is 4. The van der Waals surface area contributed by atoms with Crippen LogP contribution >= 0.6 is 27.3 Å². The van der Waals surface area contributed by atoms with Gasteiger partial charge in [-0.3, -0.25) is 0 Å². The van der Waals surface area contributed by atoms with Crippen LogP contribution in [0.4, 0.5) is 5.69 Å². The van der Waals surface area contributed by atoms with Crippen molar-refractivity contribution in [1.82, 2.24) is 10.3 Å². The van der Waals surface area contributed by atoms with Gasteiger partial charge in [-0.2, -0.15) is 0 Å². The molecule has 0 amide bonds. The van der Waals surface area contributed by atoms with Crippen molar-refractivity contribution >= 4 is 33.0 Å². The molecular weight excluding hydrogens is 298 g/mol. The van der Waals surface area contributed by atoms with Crippen LogP contribution in [-0.4, -0.2) is 4.98 Å². The number of nitrogens with one attached hydrogen (secondary N) is 1. The summed E-state index contributed by atoms with van der Waals surface area (Å²) in [5.41, 5.74) is 10.7. The van der Waals surface area contributed by atoms with Gasteiger partial charge in [-0.1, -0.05) is 15.9 Å². The lowest BCUT2D eigenvalue weighted by molar-refractivity contribution is 0.695. The van der Waals surface area contributed by atoms with Crippen molar-refractivity contribution in [3.8, 4) is 0 Å². The third kappa shape index (κ3) is 3.28. The maximum Gasteiger partial charge on any atom is 0.0798 e. The smallest absolute Gasteiger partial charge is 0.0798 e. The number of hydrogen-bond donors (Lipinski definition) is 2. The number of aromatic nitrogens is 1. The molecule has 5 heteroatoms. The molecule has 2 rings (SSSR count). The SMILES string of the molecule is Cc1ncsc1CNCc1cc(N)ccc1Br. The van der Waals surface area contributed by atoms with Crippen molar-refractivity contribution < 1.29 is 0 Å². The molecule has 1 aromatic heterocycles. The van der Waals surface area contributed by atoms with E-state index in [-0.39, 0.29) is 0 Å². The number of nitrogen functional groups attached to an aromatic ring is 1. The summed E-state index contributed by atoms with van der Waals surface area (Å²) in [6, 6.07) is 5.85. The van der Waals surface area contributed by atoms with Gasteiger partial charge in [-0.25, -0.2) is 4.98 Å². The predicted octanol–water partition coefficient (Wildman–Crippen LogP) is 3.09. The number of aryl methyl sites for hydroxylation is 1. The summed E-state index contributed by atoms with van der Waals surface area (Å²) in [7, 11) is 0. The highest BCUT2D eigenvalue weighted by Crippen LogP contribution is 2.19. The van der Waals surface area contributed by atoms with E-state index in [2.05, 4.69) is 26.2 Å². The van der Waals surface area contributed by atoms with Crippen LogP contribution in [0.5, 0.6) is 0 Å². The zero-order valence-corrected chi connectivity index (χ0v) is 11.9. The molecule has 0 aliphatic carbocycles. The van der Waals surface area contributed by atoms with Crippen molar-refractivity contribution in [2.24, 2.45) is 0 Å². The molecule has 0 bridgehead atoms. The van der Waals surface area contributed by atoms with Gasteiger partial charge in [0.15, 0.2) is 0 Å². The summed E-state index contributed by atoms with van der Waals surface area (Å²) in [6.07, 6.45) is 0. The summed E-state index contributed by atoms with van der Waals surface area (Å²) in [5, 5.41) is 3.40. The van der Waals surface area contributed by atoms with Crippen molar-refractivity contribution in [3.05, 3.63) is 44.3 Å². The van der Waals surface area contributed by atoms with E-state index in [1.165, 1.54) is 10.4 Å². The second-order valence-electron chi connectivity index (χ2n) is 3.82. The van der Waals surface area contributed by atoms with E-state index < -0.39 is 0 Å². The van der Waals surface area contributed by atoms with Gasteiger partial charge in [0, 0.05) is 28.1 Å². The first kappa shape index (κ1) is 12.5. The number of thiazole rings is 1. The third-order valence-electron chi connectivity index (χ3n) is 2.52. The van der Waals surface area contributed by atoms with Gasteiger partial charge in [-0.05, 0) is 30.7 Å². The van der Waals surface area contributed by atoms with Crippen LogP contribution in [0.25, 0.3) is 0 Å². The molecule has 0 saturated heterocycles. The van der Waals surface area contributed by atoms with Gasteiger partial charge in [0.1, 0.15) is 0 Å². The molecule has 3 N–H and O–H groups in total. The van der Waals surface area contributed by atoms with E-state index in [1.54, 1.807) is 11.3 Å². The average molecular weight is 312 g/mol. The molecule has 0 aliphatic rings. The third-order valence-corrected chi connectivity index (χ3v) is 4.22. The minimum atomic E-state index is 0.791. The number of halogens is 1. The Bertz CT molecular complexity index is 510. The van der Waals surface area contributed by atoms with Crippen molar-refractivity contribution in [3.63, 3.8) is 0 Å². The zero-order chi connectivity index (χ0) is 12.3. The van der Waals surface area contributed by atoms with E-state index in [0.29, 0.717) is 0 Å². The molecule has 0 aliphatic heterocycles. The molecule has 2 aromatic rings. The number of nitrogens with two attached hydrogens (primary N) is 1. The lowest BCUT2D eigenvalue weighted by atomic mass is 10.2. The van der Waals surface area contributed by atoms with Gasteiger partial charge in [0.25, 0.3) is 0 Å². The Hall–Kier alpha value is -0.910. The Morgan fingerprint density at radius 3 is 2.94 bits per heavy atom. The Kier molecular flexibility index (Phi) is 4.15. The van der Waals surface area contributed by atoms with Crippen LogP contribution in [0, 0.1) is 6.92 Å². The first-order valence-corrected chi connectivity index (χ1v) is 6.97. The van der Waals surface area contributed by atoms with Crippen LogP contribution in [-0.2, 0) is 13.1 Å². The van der Waals surface area contributed by atoms with Crippen molar-refractivity contribution in [2.75, 3.05) is 5.73 Å². The fraction of sp³-hybridized carbons (Fsp3) is 0.250. The second kappa shape index (κ2) is 5.62. The van der Waals surface area contributed by atoms with Crippen LogP contribution in [0.3, 0.4) is 0 Å². The lowest BCUT2D eigenvalue weighted by Gasteiger charge is -2.07. The predicted molar refractivity (Wildman–Crippen MR) is 75.9 cm³/mol. The second-order valence-corrected chi connectivity index (χ2v) is 5.61. The topological polar surface area (TPSA) is 50.9 Å². The molecule has 17 heavy (non-hydrogen) atoms. The lowest BCUT2D eigenvalue weighted by Crippen LogP contribution is -2.13. The standard InChI is InChI=1S/C12H14BrN3S/c1-8-12(17-7-16-8)6-15-5-9-4-10(14)2-3-11(9)13/h2-4,7,15H,5-6,14H2,1H3. The maximum absolute atomic E-state index is 5.76. The Morgan fingerprint density at radius 1 is 1.41 bits per heavy atom. The largest absolute Gasteiger partial charge is 0.399 e. The van der Waals surface area contributed by atoms with Gasteiger partial charge in [-0.15, -0.1) is 11.3 Å². The Labute approximate surface area is 113 Å². The van der Waals surface area contributed by atoms with E-state index in [0.717, 1.165) is 28.9 Å². The molecule has 0 spiro atoms. The van der Waals surface area contributed by atoms with Crippen LogP contribution in [0.1, 0.15) is 16.1 Å². The summed E-state index contributed by atoms with van der Waals surface area (Å²) >= 11 is 5.20. The highest BCUT2D eigenvalue weighted by atomic mass is 79.9. The van der Waals surface area contributed by atoms with Gasteiger partial charge in [0.2, 0.25) is 0 Å². The minimum Gasteiger partial charge on any atom is -0.399 e. The molecule has 1 heterocycles. The molecule has 0 saturated carbocycles. The number of nitrogens with zero attached hydrogens (tertiary/aromatic N) is 1.